The van der Waals surface area contributed by atoms with Crippen molar-refractivity contribution in [1.82, 2.24) is 16.0 Å². The van der Waals surface area contributed by atoms with Gasteiger partial charge in [-0.25, -0.2) is 4.79 Å². The van der Waals surface area contributed by atoms with E-state index >= 15 is 0 Å². The number of aromatic hydroxyl groups is 1. The summed E-state index contributed by atoms with van der Waals surface area (Å²) in [6, 6.07) is 1.29. The lowest BCUT2D eigenvalue weighted by Gasteiger charge is -2.24. The monoisotopic (exact) mass is 527 g/mol. The molecule has 1 aromatic carbocycles. The van der Waals surface area contributed by atoms with E-state index in [2.05, 4.69) is 16.0 Å². The Morgan fingerprint density at radius 1 is 0.917 bits per heavy atom. The molecule has 0 saturated carbocycles. The first-order chi connectivity index (χ1) is 17.1. The number of aliphatic hydroxyl groups is 1. The number of nitrogens with one attached hydrogen (secondary N) is 3. The van der Waals surface area contributed by atoms with Crippen molar-refractivity contribution >= 4 is 35.5 Å². The number of carboxylic acids is 1. The van der Waals surface area contributed by atoms with E-state index in [0.717, 1.165) is 0 Å². The molecule has 0 bridgehead atoms. The number of rotatable bonds is 17. The number of phenols is 1. The molecular weight excluding hydrogens is 490 g/mol. The van der Waals surface area contributed by atoms with Gasteiger partial charge in [-0.15, -0.1) is 0 Å². The van der Waals surface area contributed by atoms with E-state index in [1.165, 1.54) is 23.9 Å². The minimum Gasteiger partial charge on any atom is -0.508 e. The Labute approximate surface area is 214 Å². The largest absolute Gasteiger partial charge is 0.508 e. The second-order valence-electron chi connectivity index (χ2n) is 8.25. The van der Waals surface area contributed by atoms with E-state index < -0.39 is 54.5 Å². The molecule has 12 nitrogen and oxygen atoms in total. The number of carbonyl (C=O) groups excluding carboxylic acids is 3. The van der Waals surface area contributed by atoms with Crippen molar-refractivity contribution < 1.29 is 34.5 Å². The van der Waals surface area contributed by atoms with Gasteiger partial charge in [0.2, 0.25) is 17.7 Å². The third-order valence-corrected chi connectivity index (χ3v) is 6.00. The molecule has 1 aromatic rings. The average molecular weight is 528 g/mol. The van der Waals surface area contributed by atoms with Crippen LogP contribution in [0.15, 0.2) is 24.3 Å². The Hall–Kier alpha value is -2.87. The van der Waals surface area contributed by atoms with Crippen molar-refractivity contribution in [2.75, 3.05) is 25.2 Å². The van der Waals surface area contributed by atoms with Gasteiger partial charge in [-0.2, -0.15) is 11.8 Å². The molecule has 13 heteroatoms. The molecule has 36 heavy (non-hydrogen) atoms. The maximum atomic E-state index is 12.9. The topological polar surface area (TPSA) is 217 Å². The maximum absolute atomic E-state index is 12.9. The van der Waals surface area contributed by atoms with Crippen molar-refractivity contribution in [2.45, 2.75) is 56.3 Å². The minimum absolute atomic E-state index is 0.0246. The van der Waals surface area contributed by atoms with Gasteiger partial charge in [0.15, 0.2) is 0 Å². The number of unbranched alkanes of at least 4 members (excludes halogenated alkanes) is 1. The zero-order valence-corrected chi connectivity index (χ0v) is 21.1. The van der Waals surface area contributed by atoms with E-state index in [9.17, 15) is 34.5 Å². The first-order valence-corrected chi connectivity index (χ1v) is 13.0. The van der Waals surface area contributed by atoms with Gasteiger partial charge in [-0.1, -0.05) is 18.6 Å². The highest BCUT2D eigenvalue weighted by atomic mass is 32.2. The Balaban J connectivity index is 2.84. The van der Waals surface area contributed by atoms with E-state index in [4.69, 9.17) is 11.5 Å². The van der Waals surface area contributed by atoms with Gasteiger partial charge in [0.25, 0.3) is 0 Å². The molecular formula is C23H37N5O7S. The van der Waals surface area contributed by atoms with Crippen LogP contribution >= 0.6 is 11.8 Å². The molecule has 3 amide bonds. The van der Waals surface area contributed by atoms with Crippen LogP contribution in [0.1, 0.15) is 31.2 Å². The molecule has 0 aliphatic rings. The molecule has 4 atom stereocenters. The number of hydrogen-bond donors (Lipinski definition) is 8. The van der Waals surface area contributed by atoms with Gasteiger partial charge in [0, 0.05) is 6.42 Å². The molecule has 0 aromatic heterocycles. The summed E-state index contributed by atoms with van der Waals surface area (Å²) in [6.45, 7) is -0.254. The van der Waals surface area contributed by atoms with Crippen molar-refractivity contribution in [3.63, 3.8) is 0 Å². The van der Waals surface area contributed by atoms with Gasteiger partial charge >= 0.3 is 5.97 Å². The highest BCUT2D eigenvalue weighted by molar-refractivity contribution is 7.98. The number of phenolic OH excluding ortho intramolecular Hbond substituents is 1. The summed E-state index contributed by atoms with van der Waals surface area (Å²) >= 11 is 1.43. The van der Waals surface area contributed by atoms with Gasteiger partial charge < -0.3 is 42.7 Å². The number of carbonyl (C=O) groups is 4. The van der Waals surface area contributed by atoms with Crippen molar-refractivity contribution in [3.05, 3.63) is 29.8 Å². The predicted molar refractivity (Wildman–Crippen MR) is 136 cm³/mol. The first kappa shape index (κ1) is 31.2. The highest BCUT2D eigenvalue weighted by Crippen LogP contribution is 2.12. The SMILES string of the molecule is CSCCC(NC(=O)C(CO)NC(=O)C(N)CCCCN)C(=O)NC(Cc1ccc(O)cc1)C(=O)O. The third kappa shape index (κ3) is 11.2. The number of hydrogen-bond acceptors (Lipinski definition) is 9. The van der Waals surface area contributed by atoms with E-state index in [1.807, 2.05) is 6.26 Å². The standard InChI is InChI=1S/C23H37N5O7S/c1-36-11-9-17(21(32)27-18(23(34)35)12-14-5-7-15(30)8-6-14)26-22(33)19(13-29)28-20(31)16(25)4-2-3-10-24/h5-8,16-19,29-30H,2-4,9-13,24-25H2,1H3,(H,26,33)(H,27,32)(H,28,31)(H,34,35). The number of carboxylic acid groups (broad SMARTS) is 1. The molecule has 0 heterocycles. The van der Waals surface area contributed by atoms with Crippen LogP contribution in [0.4, 0.5) is 0 Å². The van der Waals surface area contributed by atoms with E-state index in [1.54, 1.807) is 12.1 Å². The first-order valence-electron chi connectivity index (χ1n) is 11.6. The predicted octanol–water partition coefficient (Wildman–Crippen LogP) is -1.32. The fourth-order valence-corrected chi connectivity index (χ4v) is 3.70. The fraction of sp³-hybridized carbons (Fsp3) is 0.565. The van der Waals surface area contributed by atoms with Crippen LogP contribution in [-0.4, -0.2) is 88.3 Å². The van der Waals surface area contributed by atoms with Gasteiger partial charge in [0.05, 0.1) is 12.6 Å². The van der Waals surface area contributed by atoms with Gasteiger partial charge in [0.1, 0.15) is 23.9 Å². The molecule has 4 unspecified atom stereocenters. The number of amides is 3. The summed E-state index contributed by atoms with van der Waals surface area (Å²) in [5.41, 5.74) is 11.8. The van der Waals surface area contributed by atoms with Crippen LogP contribution < -0.4 is 27.4 Å². The summed E-state index contributed by atoms with van der Waals surface area (Å²) in [7, 11) is 0. The van der Waals surface area contributed by atoms with Crippen LogP contribution in [-0.2, 0) is 25.6 Å². The van der Waals surface area contributed by atoms with Gasteiger partial charge in [-0.05, 0) is 55.5 Å². The van der Waals surface area contributed by atoms with Crippen LogP contribution in [0.3, 0.4) is 0 Å². The molecule has 0 radical (unpaired) electrons. The average Bonchev–Trinajstić information content (AvgIpc) is 2.85. The normalized spacial score (nSPS) is 14.2. The fourth-order valence-electron chi connectivity index (χ4n) is 3.23. The number of aliphatic carboxylic acids is 1. The Bertz CT molecular complexity index is 856. The van der Waals surface area contributed by atoms with Crippen LogP contribution in [0.2, 0.25) is 0 Å². The van der Waals surface area contributed by atoms with Crippen molar-refractivity contribution in [2.24, 2.45) is 11.5 Å². The molecule has 0 spiro atoms. The quantitative estimate of drug-likeness (QED) is 0.112. The summed E-state index contributed by atoms with van der Waals surface area (Å²) in [6.07, 6.45) is 3.65. The smallest absolute Gasteiger partial charge is 0.326 e. The maximum Gasteiger partial charge on any atom is 0.326 e. The molecule has 10 N–H and O–H groups in total. The number of benzene rings is 1. The summed E-state index contributed by atoms with van der Waals surface area (Å²) in [5.74, 6) is -2.90. The van der Waals surface area contributed by atoms with Crippen molar-refractivity contribution in [3.8, 4) is 5.75 Å². The third-order valence-electron chi connectivity index (χ3n) is 5.36. The molecule has 0 saturated heterocycles. The lowest BCUT2D eigenvalue weighted by Crippen LogP contribution is -2.58. The summed E-state index contributed by atoms with van der Waals surface area (Å²) in [5, 5.41) is 35.9. The van der Waals surface area contributed by atoms with Gasteiger partial charge in [-0.3, -0.25) is 14.4 Å². The summed E-state index contributed by atoms with van der Waals surface area (Å²) < 4.78 is 0. The molecule has 202 valence electrons. The minimum atomic E-state index is -1.34. The van der Waals surface area contributed by atoms with E-state index in [-0.39, 0.29) is 18.6 Å². The molecule has 0 aliphatic heterocycles. The number of thioether (sulfide) groups is 1. The number of nitrogens with two attached hydrogens (primary N) is 2. The van der Waals surface area contributed by atoms with Crippen LogP contribution in [0.5, 0.6) is 5.75 Å². The molecule has 0 aliphatic carbocycles. The van der Waals surface area contributed by atoms with Crippen molar-refractivity contribution in [1.29, 1.82) is 0 Å². The van der Waals surface area contributed by atoms with Crippen LogP contribution in [0, 0.1) is 0 Å². The lowest BCUT2D eigenvalue weighted by atomic mass is 10.0. The number of aliphatic hydroxyl groups excluding tert-OH is 1. The highest BCUT2D eigenvalue weighted by Gasteiger charge is 2.30. The second kappa shape index (κ2) is 16.7. The Kier molecular flexibility index (Phi) is 14.5. The zero-order chi connectivity index (χ0) is 27.1. The zero-order valence-electron chi connectivity index (χ0n) is 20.3. The van der Waals surface area contributed by atoms with E-state index in [0.29, 0.717) is 37.1 Å². The summed E-state index contributed by atoms with van der Waals surface area (Å²) in [4.78, 5) is 49.7. The van der Waals surface area contributed by atoms with Crippen LogP contribution in [0.25, 0.3) is 0 Å². The second-order valence-corrected chi connectivity index (χ2v) is 9.23. The Morgan fingerprint density at radius 3 is 2.06 bits per heavy atom. The molecule has 1 rings (SSSR count). The lowest BCUT2D eigenvalue weighted by molar-refractivity contribution is -0.142. The Morgan fingerprint density at radius 2 is 1.50 bits per heavy atom. The molecule has 0 fully saturated rings.